The molecule has 1 N–H and O–H groups in total. The van der Waals surface area contributed by atoms with E-state index in [1.807, 2.05) is 73.7 Å². The third-order valence-corrected chi connectivity index (χ3v) is 5.73. The Labute approximate surface area is 180 Å². The molecule has 0 fully saturated rings. The third-order valence-electron chi connectivity index (χ3n) is 4.85. The molecular weight excluding hydrogens is 392 g/mol. The largest absolute Gasteiger partial charge is 0.497 e. The summed E-state index contributed by atoms with van der Waals surface area (Å²) in [6.07, 6.45) is 0.847. The molecule has 150 valence electrons. The van der Waals surface area contributed by atoms with Gasteiger partial charge in [-0.15, -0.1) is 11.3 Å². The van der Waals surface area contributed by atoms with Gasteiger partial charge >= 0.3 is 0 Å². The molecule has 4 nitrogen and oxygen atoms in total. The number of methoxy groups -OCH3 is 1. The molecule has 0 saturated heterocycles. The molecule has 0 saturated carbocycles. The Morgan fingerprint density at radius 2 is 1.60 bits per heavy atom. The highest BCUT2D eigenvalue weighted by atomic mass is 32.1. The molecule has 0 radical (unpaired) electrons. The van der Waals surface area contributed by atoms with Gasteiger partial charge in [0.25, 0.3) is 5.91 Å². The molecular formula is C25H22N2O2S. The summed E-state index contributed by atoms with van der Waals surface area (Å²) in [4.78, 5) is 18.3. The van der Waals surface area contributed by atoms with Crippen molar-refractivity contribution in [1.82, 2.24) is 4.98 Å². The van der Waals surface area contributed by atoms with Crippen molar-refractivity contribution in [1.29, 1.82) is 0 Å². The number of aromatic nitrogens is 1. The molecule has 1 heterocycles. The van der Waals surface area contributed by atoms with Crippen LogP contribution in [0.4, 0.5) is 5.13 Å². The highest BCUT2D eigenvalue weighted by Crippen LogP contribution is 2.31. The molecule has 0 bridgehead atoms. The lowest BCUT2D eigenvalue weighted by atomic mass is 10.0. The van der Waals surface area contributed by atoms with Crippen LogP contribution >= 0.6 is 11.3 Å². The highest BCUT2D eigenvalue weighted by Gasteiger charge is 2.13. The number of anilines is 1. The van der Waals surface area contributed by atoms with Crippen LogP contribution in [-0.2, 0) is 6.42 Å². The molecule has 3 aromatic carbocycles. The highest BCUT2D eigenvalue weighted by molar-refractivity contribution is 7.16. The smallest absolute Gasteiger partial charge is 0.257 e. The van der Waals surface area contributed by atoms with E-state index in [0.717, 1.165) is 28.3 Å². The maximum Gasteiger partial charge on any atom is 0.257 e. The van der Waals surface area contributed by atoms with Gasteiger partial charge < -0.3 is 4.74 Å². The summed E-state index contributed by atoms with van der Waals surface area (Å²) in [6.45, 7) is 2.01. The SMILES string of the molecule is COc1ccc(-c2nc(NC(=O)c3ccc(Cc4ccccc4)cc3)sc2C)cc1. The van der Waals surface area contributed by atoms with Gasteiger partial charge in [0.05, 0.1) is 12.8 Å². The minimum absolute atomic E-state index is 0.156. The first-order valence-electron chi connectivity index (χ1n) is 9.68. The van der Waals surface area contributed by atoms with E-state index in [4.69, 9.17) is 4.74 Å². The lowest BCUT2D eigenvalue weighted by molar-refractivity contribution is 0.102. The number of ether oxygens (including phenoxy) is 1. The Hall–Kier alpha value is -3.44. The van der Waals surface area contributed by atoms with Gasteiger partial charge in [-0.2, -0.15) is 0 Å². The van der Waals surface area contributed by atoms with Gasteiger partial charge in [0, 0.05) is 16.0 Å². The predicted octanol–water partition coefficient (Wildman–Crippen LogP) is 5.97. The van der Waals surface area contributed by atoms with Crippen LogP contribution in [0.25, 0.3) is 11.3 Å². The third kappa shape index (κ3) is 4.58. The second kappa shape index (κ2) is 8.93. The van der Waals surface area contributed by atoms with E-state index in [1.54, 1.807) is 7.11 Å². The van der Waals surface area contributed by atoms with E-state index < -0.39 is 0 Å². The molecule has 0 aliphatic heterocycles. The maximum atomic E-state index is 12.7. The summed E-state index contributed by atoms with van der Waals surface area (Å²) >= 11 is 1.47. The Kier molecular flexibility index (Phi) is 5.91. The number of hydrogen-bond donors (Lipinski definition) is 1. The van der Waals surface area contributed by atoms with Crippen LogP contribution in [0, 0.1) is 6.92 Å². The number of hydrogen-bond acceptors (Lipinski definition) is 4. The monoisotopic (exact) mass is 414 g/mol. The second-order valence-corrected chi connectivity index (χ2v) is 8.17. The standard InChI is InChI=1S/C25H22N2O2S/c1-17-23(20-12-14-22(29-2)15-13-20)26-25(30-17)27-24(28)21-10-8-19(9-11-21)16-18-6-4-3-5-7-18/h3-15H,16H2,1-2H3,(H,26,27,28). The first kappa shape index (κ1) is 19.9. The molecule has 0 spiro atoms. The molecule has 0 aliphatic rings. The van der Waals surface area contributed by atoms with Crippen molar-refractivity contribution in [2.24, 2.45) is 0 Å². The number of aryl methyl sites for hydroxylation is 1. The normalized spacial score (nSPS) is 10.6. The van der Waals surface area contributed by atoms with Crippen LogP contribution in [0.15, 0.2) is 78.9 Å². The molecule has 0 unspecified atom stereocenters. The van der Waals surface area contributed by atoms with Crippen molar-refractivity contribution in [2.75, 3.05) is 12.4 Å². The first-order chi connectivity index (χ1) is 14.6. The minimum atomic E-state index is -0.156. The van der Waals surface area contributed by atoms with Crippen LogP contribution < -0.4 is 10.1 Å². The van der Waals surface area contributed by atoms with Gasteiger partial charge in [-0.05, 0) is 60.9 Å². The summed E-state index contributed by atoms with van der Waals surface area (Å²) in [7, 11) is 1.64. The number of nitrogens with zero attached hydrogens (tertiary/aromatic N) is 1. The number of amides is 1. The molecule has 0 aliphatic carbocycles. The Morgan fingerprint density at radius 1 is 0.933 bits per heavy atom. The van der Waals surface area contributed by atoms with Gasteiger partial charge in [-0.3, -0.25) is 10.1 Å². The van der Waals surface area contributed by atoms with Crippen LogP contribution in [0.3, 0.4) is 0 Å². The topological polar surface area (TPSA) is 51.2 Å². The minimum Gasteiger partial charge on any atom is -0.497 e. The maximum absolute atomic E-state index is 12.7. The van der Waals surface area contributed by atoms with Crippen molar-refractivity contribution in [3.63, 3.8) is 0 Å². The Balaban J connectivity index is 1.44. The molecule has 4 aromatic rings. The zero-order chi connectivity index (χ0) is 20.9. The van der Waals surface area contributed by atoms with Crippen molar-refractivity contribution in [2.45, 2.75) is 13.3 Å². The zero-order valence-electron chi connectivity index (χ0n) is 16.9. The number of nitrogens with one attached hydrogen (secondary N) is 1. The second-order valence-electron chi connectivity index (χ2n) is 6.97. The lowest BCUT2D eigenvalue weighted by Crippen LogP contribution is -2.11. The Bertz CT molecular complexity index is 1130. The summed E-state index contributed by atoms with van der Waals surface area (Å²) < 4.78 is 5.21. The number of carbonyl (C=O) groups is 1. The predicted molar refractivity (Wildman–Crippen MR) is 122 cm³/mol. The number of thiazole rings is 1. The summed E-state index contributed by atoms with van der Waals surface area (Å²) in [5.41, 5.74) is 4.90. The molecule has 4 rings (SSSR count). The van der Waals surface area contributed by atoms with E-state index in [1.165, 1.54) is 22.5 Å². The summed E-state index contributed by atoms with van der Waals surface area (Å²) in [5, 5.41) is 3.52. The molecule has 1 aromatic heterocycles. The average molecular weight is 415 g/mol. The number of carbonyl (C=O) groups excluding carboxylic acids is 1. The fourth-order valence-corrected chi connectivity index (χ4v) is 4.07. The van der Waals surface area contributed by atoms with Crippen molar-refractivity contribution < 1.29 is 9.53 Å². The molecule has 0 atom stereocenters. The van der Waals surface area contributed by atoms with Gasteiger partial charge in [-0.25, -0.2) is 4.98 Å². The average Bonchev–Trinajstić information content (AvgIpc) is 3.15. The quantitative estimate of drug-likeness (QED) is 0.423. The van der Waals surface area contributed by atoms with E-state index in [-0.39, 0.29) is 5.91 Å². The fraction of sp³-hybridized carbons (Fsp3) is 0.120. The van der Waals surface area contributed by atoms with E-state index in [0.29, 0.717) is 10.7 Å². The van der Waals surface area contributed by atoms with E-state index in [9.17, 15) is 4.79 Å². The molecule has 30 heavy (non-hydrogen) atoms. The zero-order valence-corrected chi connectivity index (χ0v) is 17.7. The fourth-order valence-electron chi connectivity index (χ4n) is 3.24. The van der Waals surface area contributed by atoms with Gasteiger partial charge in [0.1, 0.15) is 5.75 Å². The number of benzene rings is 3. The van der Waals surface area contributed by atoms with Gasteiger partial charge in [0.15, 0.2) is 5.13 Å². The van der Waals surface area contributed by atoms with Crippen LogP contribution in [0.2, 0.25) is 0 Å². The van der Waals surface area contributed by atoms with Gasteiger partial charge in [0.2, 0.25) is 0 Å². The van der Waals surface area contributed by atoms with Crippen LogP contribution in [0.5, 0.6) is 5.75 Å². The van der Waals surface area contributed by atoms with E-state index >= 15 is 0 Å². The summed E-state index contributed by atoms with van der Waals surface area (Å²) in [5.74, 6) is 0.646. The summed E-state index contributed by atoms with van der Waals surface area (Å²) in [6, 6.07) is 25.8. The first-order valence-corrected chi connectivity index (χ1v) is 10.5. The number of rotatable bonds is 6. The van der Waals surface area contributed by atoms with Crippen LogP contribution in [-0.4, -0.2) is 18.0 Å². The molecule has 5 heteroatoms. The van der Waals surface area contributed by atoms with Crippen molar-refractivity contribution >= 4 is 22.4 Å². The lowest BCUT2D eigenvalue weighted by Gasteiger charge is -2.05. The van der Waals surface area contributed by atoms with Crippen LogP contribution in [0.1, 0.15) is 26.4 Å². The van der Waals surface area contributed by atoms with E-state index in [2.05, 4.69) is 22.4 Å². The van der Waals surface area contributed by atoms with Crippen molar-refractivity contribution in [3.05, 3.63) is 100 Å². The van der Waals surface area contributed by atoms with Crippen molar-refractivity contribution in [3.8, 4) is 17.0 Å². The Morgan fingerprint density at radius 3 is 2.27 bits per heavy atom. The van der Waals surface area contributed by atoms with Gasteiger partial charge in [-0.1, -0.05) is 42.5 Å². The molecule has 1 amide bonds.